The second-order valence-electron chi connectivity index (χ2n) is 7.44. The van der Waals surface area contributed by atoms with E-state index in [1.54, 1.807) is 25.5 Å². The van der Waals surface area contributed by atoms with Gasteiger partial charge in [0.2, 0.25) is 5.91 Å². The predicted molar refractivity (Wildman–Crippen MR) is 110 cm³/mol. The Bertz CT molecular complexity index is 1160. The molecule has 0 aliphatic carbocycles. The van der Waals surface area contributed by atoms with E-state index < -0.39 is 5.54 Å². The van der Waals surface area contributed by atoms with Crippen LogP contribution < -0.4 is 5.73 Å². The molecule has 0 bridgehead atoms. The minimum Gasteiger partial charge on any atom is -0.369 e. The molecular weight excluding hydrogens is 366 g/mol. The Morgan fingerprint density at radius 3 is 2.69 bits per heavy atom. The summed E-state index contributed by atoms with van der Waals surface area (Å²) in [5.74, 6) is -0.0449. The first kappa shape index (κ1) is 18.7. The van der Waals surface area contributed by atoms with E-state index in [0.717, 1.165) is 16.3 Å². The van der Waals surface area contributed by atoms with Crippen molar-refractivity contribution in [2.24, 2.45) is 10.7 Å². The number of Topliss-reactive ketones (excluding diaryl/α,β-unsaturated/α-hetero) is 1. The summed E-state index contributed by atoms with van der Waals surface area (Å²) in [4.78, 5) is 39.5. The van der Waals surface area contributed by atoms with Crippen LogP contribution in [0.15, 0.2) is 59.9 Å². The van der Waals surface area contributed by atoms with Gasteiger partial charge in [0.1, 0.15) is 11.2 Å². The highest BCUT2D eigenvalue weighted by molar-refractivity contribution is 5.99. The molecule has 3 aromatic rings. The summed E-state index contributed by atoms with van der Waals surface area (Å²) in [6.45, 7) is 1.82. The fourth-order valence-corrected chi connectivity index (χ4v) is 3.45. The molecule has 29 heavy (non-hydrogen) atoms. The third kappa shape index (κ3) is 3.59. The zero-order valence-electron chi connectivity index (χ0n) is 16.3. The lowest BCUT2D eigenvalue weighted by Gasteiger charge is -2.32. The van der Waals surface area contributed by atoms with Crippen LogP contribution in [0.25, 0.3) is 10.8 Å². The van der Waals surface area contributed by atoms with Gasteiger partial charge in [0.25, 0.3) is 0 Å². The largest absolute Gasteiger partial charge is 0.369 e. The van der Waals surface area contributed by atoms with E-state index in [4.69, 9.17) is 5.73 Å². The number of hydrogen-bond donors (Lipinski definition) is 1. The minimum atomic E-state index is -0.853. The van der Waals surface area contributed by atoms with Crippen molar-refractivity contribution < 1.29 is 9.59 Å². The van der Waals surface area contributed by atoms with Crippen LogP contribution in [0.5, 0.6) is 0 Å². The van der Waals surface area contributed by atoms with Gasteiger partial charge in [-0.1, -0.05) is 24.3 Å². The van der Waals surface area contributed by atoms with E-state index in [2.05, 4.69) is 15.0 Å². The number of nitrogens with zero attached hydrogens (tertiary/aromatic N) is 4. The number of ketones is 1. The third-order valence-electron chi connectivity index (χ3n) is 5.23. The number of pyridine rings is 2. The maximum absolute atomic E-state index is 12.8. The molecule has 0 fully saturated rings. The zero-order valence-corrected chi connectivity index (χ0v) is 16.3. The Morgan fingerprint density at radius 2 is 1.93 bits per heavy atom. The lowest BCUT2D eigenvalue weighted by molar-refractivity contribution is -0.128. The van der Waals surface area contributed by atoms with E-state index in [0.29, 0.717) is 11.4 Å². The molecule has 2 N–H and O–H groups in total. The van der Waals surface area contributed by atoms with Crippen LogP contribution in [0.3, 0.4) is 0 Å². The van der Waals surface area contributed by atoms with Crippen molar-refractivity contribution in [3.05, 3.63) is 71.8 Å². The summed E-state index contributed by atoms with van der Waals surface area (Å²) in [7, 11) is 1.60. The van der Waals surface area contributed by atoms with Crippen molar-refractivity contribution in [3.63, 3.8) is 0 Å². The number of carbonyl (C=O) groups is 2. The SMILES string of the molecule is CN1C(=O)CC(C)(c2cc(CC(=O)c3cc4ccccc4cn3)ccn2)N=C1N. The van der Waals surface area contributed by atoms with Crippen LogP contribution in [0.2, 0.25) is 0 Å². The maximum atomic E-state index is 12.8. The fourth-order valence-electron chi connectivity index (χ4n) is 3.45. The van der Waals surface area contributed by atoms with E-state index in [-0.39, 0.29) is 30.5 Å². The van der Waals surface area contributed by atoms with Crippen molar-refractivity contribution >= 4 is 28.4 Å². The van der Waals surface area contributed by atoms with E-state index >= 15 is 0 Å². The van der Waals surface area contributed by atoms with Gasteiger partial charge in [-0.25, -0.2) is 4.99 Å². The zero-order chi connectivity index (χ0) is 20.6. The van der Waals surface area contributed by atoms with Gasteiger partial charge in [-0.05, 0) is 36.1 Å². The average Bonchev–Trinajstić information content (AvgIpc) is 2.72. The van der Waals surface area contributed by atoms with Crippen LogP contribution in [0.1, 0.15) is 35.1 Å². The Hall–Kier alpha value is -3.61. The van der Waals surface area contributed by atoms with Crippen molar-refractivity contribution in [2.45, 2.75) is 25.3 Å². The van der Waals surface area contributed by atoms with Crippen LogP contribution >= 0.6 is 0 Å². The molecule has 7 heteroatoms. The van der Waals surface area contributed by atoms with Crippen molar-refractivity contribution in [3.8, 4) is 0 Å². The molecule has 1 atom stereocenters. The smallest absolute Gasteiger partial charge is 0.231 e. The lowest BCUT2D eigenvalue weighted by Crippen LogP contribution is -2.47. The number of fused-ring (bicyclic) bond motifs is 1. The topological polar surface area (TPSA) is 102 Å². The number of guanidine groups is 1. The number of hydrogen-bond acceptors (Lipinski definition) is 6. The van der Waals surface area contributed by atoms with Gasteiger partial charge in [-0.3, -0.25) is 24.5 Å². The summed E-state index contributed by atoms with van der Waals surface area (Å²) in [5, 5.41) is 1.97. The van der Waals surface area contributed by atoms with Crippen molar-refractivity contribution in [1.82, 2.24) is 14.9 Å². The Morgan fingerprint density at radius 1 is 1.17 bits per heavy atom. The van der Waals surface area contributed by atoms with E-state index in [1.807, 2.05) is 43.3 Å². The summed E-state index contributed by atoms with van der Waals surface area (Å²) in [6.07, 6.45) is 3.69. The molecule has 1 aromatic carbocycles. The molecule has 1 aliphatic rings. The highest BCUT2D eigenvalue weighted by Crippen LogP contribution is 2.32. The average molecular weight is 387 g/mol. The molecule has 3 heterocycles. The predicted octanol–water partition coefficient (Wildman–Crippen LogP) is 2.45. The Kier molecular flexibility index (Phi) is 4.58. The first-order chi connectivity index (χ1) is 13.9. The molecular formula is C22H21N5O2. The lowest BCUT2D eigenvalue weighted by atomic mass is 9.90. The minimum absolute atomic E-state index is 0.0828. The number of benzene rings is 1. The van der Waals surface area contributed by atoms with Gasteiger partial charge >= 0.3 is 0 Å². The summed E-state index contributed by atoms with van der Waals surface area (Å²) >= 11 is 0. The summed E-state index contributed by atoms with van der Waals surface area (Å²) in [6, 6.07) is 13.2. The molecule has 1 unspecified atom stereocenters. The molecule has 0 saturated heterocycles. The van der Waals surface area contributed by atoms with Crippen molar-refractivity contribution in [2.75, 3.05) is 7.05 Å². The van der Waals surface area contributed by atoms with Gasteiger partial charge in [0, 0.05) is 31.2 Å². The quantitative estimate of drug-likeness (QED) is 0.693. The number of nitrogens with two attached hydrogens (primary N) is 1. The number of rotatable bonds is 4. The number of aromatic nitrogens is 2. The molecule has 4 rings (SSSR count). The molecule has 146 valence electrons. The van der Waals surface area contributed by atoms with Gasteiger partial charge < -0.3 is 5.73 Å². The highest BCUT2D eigenvalue weighted by Gasteiger charge is 2.37. The van der Waals surface area contributed by atoms with Crippen LogP contribution in [-0.4, -0.2) is 39.6 Å². The molecule has 1 aliphatic heterocycles. The summed E-state index contributed by atoms with van der Waals surface area (Å²) in [5.41, 5.74) is 6.85. The maximum Gasteiger partial charge on any atom is 0.231 e. The normalized spacial score (nSPS) is 19.3. The van der Waals surface area contributed by atoms with E-state index in [9.17, 15) is 9.59 Å². The Labute approximate surface area is 168 Å². The van der Waals surface area contributed by atoms with E-state index in [1.165, 1.54) is 4.90 Å². The van der Waals surface area contributed by atoms with Gasteiger partial charge in [0.05, 0.1) is 12.1 Å². The highest BCUT2D eigenvalue weighted by atomic mass is 16.2. The first-order valence-electron chi connectivity index (χ1n) is 9.31. The summed E-state index contributed by atoms with van der Waals surface area (Å²) < 4.78 is 0. The molecule has 0 radical (unpaired) electrons. The second kappa shape index (κ2) is 7.09. The van der Waals surface area contributed by atoms with Crippen molar-refractivity contribution in [1.29, 1.82) is 0 Å². The second-order valence-corrected chi connectivity index (χ2v) is 7.44. The van der Waals surface area contributed by atoms with Gasteiger partial charge in [-0.2, -0.15) is 0 Å². The Balaban J connectivity index is 1.60. The van der Waals surface area contributed by atoms with Gasteiger partial charge in [0.15, 0.2) is 11.7 Å². The first-order valence-corrected chi connectivity index (χ1v) is 9.31. The molecule has 0 saturated carbocycles. The molecule has 0 spiro atoms. The fraction of sp³-hybridized carbons (Fsp3) is 0.227. The third-order valence-corrected chi connectivity index (χ3v) is 5.23. The monoisotopic (exact) mass is 387 g/mol. The van der Waals surface area contributed by atoms with Crippen LogP contribution in [0.4, 0.5) is 0 Å². The molecule has 7 nitrogen and oxygen atoms in total. The number of aliphatic imine (C=N–C) groups is 1. The molecule has 2 aromatic heterocycles. The van der Waals surface area contributed by atoms with Crippen LogP contribution in [0, 0.1) is 0 Å². The number of carbonyl (C=O) groups excluding carboxylic acids is 2. The van der Waals surface area contributed by atoms with Gasteiger partial charge in [-0.15, -0.1) is 0 Å². The standard InChI is InChI=1S/C22H21N5O2/c1-22(12-20(29)27(2)21(23)26-22)19-10-14(7-8-24-19)9-18(28)17-11-15-5-3-4-6-16(15)13-25-17/h3-8,10-11,13H,9,12H2,1-2H3,(H2,23,26). The number of amides is 1. The van der Waals surface area contributed by atoms with Crippen LogP contribution in [-0.2, 0) is 16.8 Å². The molecule has 1 amide bonds.